The van der Waals surface area contributed by atoms with Gasteiger partial charge in [0.05, 0.1) is 23.7 Å². The van der Waals surface area contributed by atoms with Crippen LogP contribution < -0.4 is 15.3 Å². The summed E-state index contributed by atoms with van der Waals surface area (Å²) in [4.78, 5) is 22.1. The number of aromatic nitrogens is 3. The first-order valence-electron chi connectivity index (χ1n) is 14.4. The van der Waals surface area contributed by atoms with Gasteiger partial charge >= 0.3 is 13.7 Å². The van der Waals surface area contributed by atoms with Crippen molar-refractivity contribution >= 4 is 53.1 Å². The van der Waals surface area contributed by atoms with Crippen LogP contribution in [0.1, 0.15) is 53.3 Å². The van der Waals surface area contributed by atoms with Gasteiger partial charge in [0.2, 0.25) is 0 Å². The molecule has 0 bridgehead atoms. The van der Waals surface area contributed by atoms with E-state index in [-0.39, 0.29) is 25.0 Å². The third kappa shape index (κ3) is 8.04. The van der Waals surface area contributed by atoms with Crippen molar-refractivity contribution in [3.63, 3.8) is 0 Å². The summed E-state index contributed by atoms with van der Waals surface area (Å²) in [5.74, 6) is 0.601. The Morgan fingerprint density at radius 1 is 1.07 bits per heavy atom. The summed E-state index contributed by atoms with van der Waals surface area (Å²) < 4.78 is 39.5. The molecule has 3 atom stereocenters. The first-order chi connectivity index (χ1) is 20.6. The van der Waals surface area contributed by atoms with Gasteiger partial charge in [-0.2, -0.15) is 5.09 Å². The quantitative estimate of drug-likeness (QED) is 0.108. The molecule has 0 aliphatic rings. The smallest absolute Gasteiger partial charge is 0.459 e. The summed E-state index contributed by atoms with van der Waals surface area (Å²) in [7, 11) is -4.15. The van der Waals surface area contributed by atoms with E-state index in [1.165, 1.54) is 0 Å². The van der Waals surface area contributed by atoms with E-state index >= 15 is 0 Å². The summed E-state index contributed by atoms with van der Waals surface area (Å²) in [5.41, 5.74) is 8.33. The number of hydrogen-bond donors (Lipinski definition) is 2. The van der Waals surface area contributed by atoms with E-state index in [1.807, 2.05) is 49.6 Å². The first kappa shape index (κ1) is 32.7. The number of rotatable bonds is 15. The molecule has 2 aromatic heterocycles. The molecule has 0 spiro atoms. The second-order valence-electron chi connectivity index (χ2n) is 10.2. The Morgan fingerprint density at radius 2 is 1.77 bits per heavy atom. The number of ether oxygens (including phenoxy) is 2. The van der Waals surface area contributed by atoms with Crippen molar-refractivity contribution in [1.29, 1.82) is 0 Å². The van der Waals surface area contributed by atoms with Gasteiger partial charge < -0.3 is 24.3 Å². The van der Waals surface area contributed by atoms with Gasteiger partial charge in [-0.25, -0.2) is 14.5 Å². The lowest BCUT2D eigenvalue weighted by Crippen LogP contribution is -2.37. The maximum Gasteiger partial charge on any atom is 0.459 e. The largest absolute Gasteiger partial charge is 0.461 e. The molecule has 0 saturated heterocycles. The number of nitrogen functional groups attached to an aromatic ring is 1. The standard InChI is InChI=1S/C30H39ClN5O6P/c1-6-22(7-2)40-30(37)20(5)35-43(38,42-23-15-13-21(31)14-16-23)41-19(4)17-36-26(18-39-8-3)34-27-28(36)24-11-9-10-12-25(24)33-29(27)32/h9-16,19-20,22H,6-8,17-18H2,1-5H3,(H2,32,33)(H,35,38)/t19-,20+,43+/m1/s1. The van der Waals surface area contributed by atoms with Gasteiger partial charge in [-0.15, -0.1) is 0 Å². The van der Waals surface area contributed by atoms with Crippen molar-refractivity contribution in [1.82, 2.24) is 19.6 Å². The van der Waals surface area contributed by atoms with Crippen LogP contribution in [-0.4, -0.2) is 45.4 Å². The van der Waals surface area contributed by atoms with E-state index in [1.54, 1.807) is 38.1 Å². The number of nitrogens with one attached hydrogen (secondary N) is 1. The molecule has 232 valence electrons. The van der Waals surface area contributed by atoms with Crippen molar-refractivity contribution in [2.45, 2.75) is 78.9 Å². The number of pyridine rings is 1. The van der Waals surface area contributed by atoms with E-state index < -0.39 is 25.9 Å². The van der Waals surface area contributed by atoms with Crippen LogP contribution in [-0.2, 0) is 36.5 Å². The number of carbonyl (C=O) groups is 1. The average molecular weight is 632 g/mol. The van der Waals surface area contributed by atoms with Crippen LogP contribution in [0.5, 0.6) is 5.75 Å². The van der Waals surface area contributed by atoms with Crippen LogP contribution in [0, 0.1) is 0 Å². The molecule has 0 radical (unpaired) electrons. The highest BCUT2D eigenvalue weighted by Crippen LogP contribution is 2.46. The monoisotopic (exact) mass is 631 g/mol. The molecular formula is C30H39ClN5O6P. The third-order valence-electron chi connectivity index (χ3n) is 6.82. The molecule has 0 unspecified atom stereocenters. The fourth-order valence-electron chi connectivity index (χ4n) is 4.66. The Morgan fingerprint density at radius 3 is 2.44 bits per heavy atom. The van der Waals surface area contributed by atoms with E-state index in [0.717, 1.165) is 10.9 Å². The zero-order valence-electron chi connectivity index (χ0n) is 25.1. The predicted molar refractivity (Wildman–Crippen MR) is 168 cm³/mol. The van der Waals surface area contributed by atoms with Gasteiger partial charge in [0.15, 0.2) is 5.82 Å². The maximum absolute atomic E-state index is 14.3. The molecule has 0 aliphatic carbocycles. The zero-order chi connectivity index (χ0) is 31.1. The van der Waals surface area contributed by atoms with Crippen molar-refractivity contribution in [3.05, 3.63) is 59.4 Å². The van der Waals surface area contributed by atoms with Crippen LogP contribution in [0.25, 0.3) is 21.9 Å². The van der Waals surface area contributed by atoms with E-state index in [9.17, 15) is 9.36 Å². The van der Waals surface area contributed by atoms with Gasteiger partial charge in [-0.1, -0.05) is 43.6 Å². The molecule has 2 aromatic carbocycles. The van der Waals surface area contributed by atoms with Crippen molar-refractivity contribution < 1.29 is 27.9 Å². The molecule has 4 rings (SSSR count). The second-order valence-corrected chi connectivity index (χ2v) is 12.3. The number of fused-ring (bicyclic) bond motifs is 3. The number of para-hydroxylation sites is 1. The molecular weight excluding hydrogens is 593 g/mol. The number of imidazole rings is 1. The fraction of sp³-hybridized carbons (Fsp3) is 0.433. The van der Waals surface area contributed by atoms with E-state index in [4.69, 9.17) is 40.8 Å². The van der Waals surface area contributed by atoms with Crippen LogP contribution >= 0.6 is 19.3 Å². The van der Waals surface area contributed by atoms with Gasteiger partial charge in [0.1, 0.15) is 35.8 Å². The van der Waals surface area contributed by atoms with Gasteiger partial charge in [0.25, 0.3) is 0 Å². The van der Waals surface area contributed by atoms with Crippen molar-refractivity contribution in [2.75, 3.05) is 12.3 Å². The SMILES string of the molecule is CCOCc1nc2c(N)nc3ccccc3c2n1C[C@@H](C)O[P@@](=O)(N[C@@H](C)C(=O)OC(CC)CC)Oc1ccc(Cl)cc1. The number of esters is 1. The predicted octanol–water partition coefficient (Wildman–Crippen LogP) is 6.66. The minimum absolute atomic E-state index is 0.217. The van der Waals surface area contributed by atoms with Crippen molar-refractivity contribution in [3.8, 4) is 5.75 Å². The number of nitrogens with zero attached hydrogens (tertiary/aromatic N) is 3. The molecule has 0 saturated carbocycles. The topological polar surface area (TPSA) is 140 Å². The summed E-state index contributed by atoms with van der Waals surface area (Å²) in [6, 6.07) is 13.0. The highest BCUT2D eigenvalue weighted by Gasteiger charge is 2.35. The van der Waals surface area contributed by atoms with E-state index in [0.29, 0.717) is 47.1 Å². The highest BCUT2D eigenvalue weighted by molar-refractivity contribution is 7.52. The van der Waals surface area contributed by atoms with Gasteiger partial charge in [-0.05, 0) is 63.9 Å². The van der Waals surface area contributed by atoms with Gasteiger partial charge in [-0.3, -0.25) is 9.32 Å². The summed E-state index contributed by atoms with van der Waals surface area (Å²) in [5, 5.41) is 4.11. The van der Waals surface area contributed by atoms with Gasteiger partial charge in [0, 0.05) is 17.0 Å². The minimum atomic E-state index is -4.15. The molecule has 0 amide bonds. The lowest BCUT2D eigenvalue weighted by molar-refractivity contribution is -0.151. The Kier molecular flexibility index (Phi) is 11.0. The Labute approximate surface area is 256 Å². The highest BCUT2D eigenvalue weighted by atomic mass is 35.5. The fourth-order valence-corrected chi connectivity index (χ4v) is 6.46. The third-order valence-corrected chi connectivity index (χ3v) is 8.87. The molecule has 0 fully saturated rings. The number of hydrogen-bond acceptors (Lipinski definition) is 9. The number of anilines is 1. The Hall–Kier alpha value is -3.21. The summed E-state index contributed by atoms with van der Waals surface area (Å²) >= 11 is 6.03. The average Bonchev–Trinajstić information content (AvgIpc) is 3.34. The van der Waals surface area contributed by atoms with Crippen LogP contribution in [0.2, 0.25) is 5.02 Å². The molecule has 11 nitrogen and oxygen atoms in total. The first-order valence-corrected chi connectivity index (χ1v) is 16.3. The number of halogens is 1. The molecule has 43 heavy (non-hydrogen) atoms. The summed E-state index contributed by atoms with van der Waals surface area (Å²) in [6.45, 7) is 10.0. The van der Waals surface area contributed by atoms with Crippen LogP contribution in [0.4, 0.5) is 5.82 Å². The van der Waals surface area contributed by atoms with Crippen LogP contribution in [0.3, 0.4) is 0 Å². The van der Waals surface area contributed by atoms with Crippen molar-refractivity contribution in [2.24, 2.45) is 0 Å². The lowest BCUT2D eigenvalue weighted by Gasteiger charge is -2.27. The van der Waals surface area contributed by atoms with E-state index in [2.05, 4.69) is 10.1 Å². The molecule has 2 heterocycles. The molecule has 4 aromatic rings. The Balaban J connectivity index is 1.67. The second kappa shape index (κ2) is 14.5. The number of benzene rings is 2. The molecule has 13 heteroatoms. The lowest BCUT2D eigenvalue weighted by atomic mass is 10.2. The maximum atomic E-state index is 14.3. The normalized spacial score (nSPS) is 14.6. The molecule has 0 aliphatic heterocycles. The summed E-state index contributed by atoms with van der Waals surface area (Å²) in [6.07, 6.45) is 0.389. The Bertz CT molecular complexity index is 1590. The number of nitrogens with two attached hydrogens (primary N) is 1. The minimum Gasteiger partial charge on any atom is -0.461 e. The number of carbonyl (C=O) groups excluding carboxylic acids is 1. The zero-order valence-corrected chi connectivity index (χ0v) is 26.7. The molecule has 3 N–H and O–H groups in total. The van der Waals surface area contributed by atoms with Crippen LogP contribution in [0.15, 0.2) is 48.5 Å².